The minimum Gasteiger partial charge on any atom is -0.473 e. The minimum absolute atomic E-state index is 0.0633. The topological polar surface area (TPSA) is 80.3 Å². The molecule has 0 saturated carbocycles. The van der Waals surface area contributed by atoms with Gasteiger partial charge in [0, 0.05) is 24.4 Å². The molecular formula is C26H29N3O3. The standard InChI is InChI=1S/C26H29N3O3/c1-18(2)24(29-25(30)22-11-9-19(3)10-12-22)26(31)28-16-21-13-14-27-23(15-21)32-17-20-7-5-4-6-8-20/h4-15,18,24H,16-17H2,1-3H3,(H,28,31)(H,29,30). The maximum atomic E-state index is 12.8. The first-order valence-electron chi connectivity index (χ1n) is 10.7. The fourth-order valence-electron chi connectivity index (χ4n) is 3.13. The predicted octanol–water partition coefficient (Wildman–Crippen LogP) is 4.04. The van der Waals surface area contributed by atoms with Crippen molar-refractivity contribution < 1.29 is 14.3 Å². The molecule has 0 radical (unpaired) electrons. The monoisotopic (exact) mass is 431 g/mol. The molecule has 0 saturated heterocycles. The van der Waals surface area contributed by atoms with Crippen molar-refractivity contribution in [2.45, 2.75) is 40.0 Å². The average Bonchev–Trinajstić information content (AvgIpc) is 2.80. The van der Waals surface area contributed by atoms with Crippen molar-refractivity contribution in [1.82, 2.24) is 15.6 Å². The van der Waals surface area contributed by atoms with Crippen molar-refractivity contribution in [1.29, 1.82) is 0 Å². The maximum Gasteiger partial charge on any atom is 0.251 e. The van der Waals surface area contributed by atoms with E-state index in [0.29, 0.717) is 24.6 Å². The van der Waals surface area contributed by atoms with E-state index >= 15 is 0 Å². The third-order valence-corrected chi connectivity index (χ3v) is 5.05. The summed E-state index contributed by atoms with van der Waals surface area (Å²) in [5.74, 6) is -0.0660. The molecule has 0 aliphatic rings. The molecule has 0 aliphatic heterocycles. The van der Waals surface area contributed by atoms with Crippen LogP contribution in [0.2, 0.25) is 0 Å². The number of rotatable bonds is 9. The molecule has 166 valence electrons. The number of hydrogen-bond donors (Lipinski definition) is 2. The van der Waals surface area contributed by atoms with E-state index < -0.39 is 6.04 Å². The van der Waals surface area contributed by atoms with Gasteiger partial charge in [0.05, 0.1) is 0 Å². The van der Waals surface area contributed by atoms with Gasteiger partial charge in [0.15, 0.2) is 0 Å². The SMILES string of the molecule is Cc1ccc(C(=O)NC(C(=O)NCc2ccnc(OCc3ccccc3)c2)C(C)C)cc1. The third-order valence-electron chi connectivity index (χ3n) is 5.05. The number of carbonyl (C=O) groups is 2. The van der Waals surface area contributed by atoms with Crippen LogP contribution in [0.4, 0.5) is 0 Å². The number of nitrogens with zero attached hydrogens (tertiary/aromatic N) is 1. The van der Waals surface area contributed by atoms with E-state index in [-0.39, 0.29) is 17.7 Å². The van der Waals surface area contributed by atoms with Gasteiger partial charge in [-0.2, -0.15) is 0 Å². The van der Waals surface area contributed by atoms with Gasteiger partial charge in [0.2, 0.25) is 11.8 Å². The summed E-state index contributed by atoms with van der Waals surface area (Å²) in [6, 6.07) is 20.1. The van der Waals surface area contributed by atoms with Crippen LogP contribution in [0.25, 0.3) is 0 Å². The molecule has 1 aromatic heterocycles. The Labute approximate surface area is 189 Å². The van der Waals surface area contributed by atoms with E-state index in [9.17, 15) is 9.59 Å². The Bertz CT molecular complexity index is 1030. The lowest BCUT2D eigenvalue weighted by Gasteiger charge is -2.22. The lowest BCUT2D eigenvalue weighted by Crippen LogP contribution is -2.49. The Morgan fingerprint density at radius 3 is 2.38 bits per heavy atom. The lowest BCUT2D eigenvalue weighted by atomic mass is 10.0. The zero-order valence-corrected chi connectivity index (χ0v) is 18.7. The smallest absolute Gasteiger partial charge is 0.251 e. The van der Waals surface area contributed by atoms with Crippen LogP contribution in [0.15, 0.2) is 72.9 Å². The van der Waals surface area contributed by atoms with E-state index in [2.05, 4.69) is 15.6 Å². The van der Waals surface area contributed by atoms with Crippen LogP contribution in [0, 0.1) is 12.8 Å². The number of aromatic nitrogens is 1. The average molecular weight is 432 g/mol. The van der Waals surface area contributed by atoms with Gasteiger partial charge in [-0.15, -0.1) is 0 Å². The predicted molar refractivity (Wildman–Crippen MR) is 124 cm³/mol. The Morgan fingerprint density at radius 1 is 0.969 bits per heavy atom. The summed E-state index contributed by atoms with van der Waals surface area (Å²) < 4.78 is 5.75. The van der Waals surface area contributed by atoms with Crippen LogP contribution in [0.5, 0.6) is 5.88 Å². The Hall–Kier alpha value is -3.67. The fourth-order valence-corrected chi connectivity index (χ4v) is 3.13. The molecule has 1 unspecified atom stereocenters. The van der Waals surface area contributed by atoms with Crippen molar-refractivity contribution in [3.63, 3.8) is 0 Å². The van der Waals surface area contributed by atoms with Crippen LogP contribution < -0.4 is 15.4 Å². The Morgan fingerprint density at radius 2 is 1.69 bits per heavy atom. The van der Waals surface area contributed by atoms with Crippen molar-refractivity contribution in [3.05, 3.63) is 95.2 Å². The van der Waals surface area contributed by atoms with Crippen LogP contribution in [-0.2, 0) is 17.9 Å². The first-order valence-corrected chi connectivity index (χ1v) is 10.7. The summed E-state index contributed by atoms with van der Waals surface area (Å²) in [5, 5.41) is 5.76. The van der Waals surface area contributed by atoms with Gasteiger partial charge >= 0.3 is 0 Å². The molecular weight excluding hydrogens is 402 g/mol. The number of benzene rings is 2. The molecule has 2 aromatic carbocycles. The first-order chi connectivity index (χ1) is 15.4. The number of ether oxygens (including phenoxy) is 1. The van der Waals surface area contributed by atoms with Crippen LogP contribution in [0.3, 0.4) is 0 Å². The maximum absolute atomic E-state index is 12.8. The molecule has 32 heavy (non-hydrogen) atoms. The van der Waals surface area contributed by atoms with Crippen molar-refractivity contribution in [3.8, 4) is 5.88 Å². The second-order valence-electron chi connectivity index (χ2n) is 8.06. The van der Waals surface area contributed by atoms with Crippen LogP contribution in [0.1, 0.15) is 40.9 Å². The molecule has 2 N–H and O–H groups in total. The molecule has 0 spiro atoms. The Kier molecular flexibility index (Phi) is 7.97. The molecule has 0 aliphatic carbocycles. The van der Waals surface area contributed by atoms with E-state index in [4.69, 9.17) is 4.74 Å². The molecule has 6 heteroatoms. The van der Waals surface area contributed by atoms with E-state index in [1.165, 1.54) is 0 Å². The molecule has 1 atom stereocenters. The molecule has 2 amide bonds. The van der Waals surface area contributed by atoms with Crippen molar-refractivity contribution >= 4 is 11.8 Å². The quantitative estimate of drug-likeness (QED) is 0.536. The van der Waals surface area contributed by atoms with Gasteiger partial charge in [-0.3, -0.25) is 9.59 Å². The molecule has 1 heterocycles. The van der Waals surface area contributed by atoms with Crippen LogP contribution in [-0.4, -0.2) is 22.8 Å². The molecule has 0 fully saturated rings. The van der Waals surface area contributed by atoms with Gasteiger partial charge in [0.25, 0.3) is 5.91 Å². The van der Waals surface area contributed by atoms with Gasteiger partial charge in [-0.25, -0.2) is 4.98 Å². The van der Waals surface area contributed by atoms with E-state index in [1.807, 2.05) is 69.3 Å². The normalized spacial score (nSPS) is 11.6. The number of aryl methyl sites for hydroxylation is 1. The number of hydrogen-bond acceptors (Lipinski definition) is 4. The van der Waals surface area contributed by atoms with E-state index in [1.54, 1.807) is 24.4 Å². The van der Waals surface area contributed by atoms with Gasteiger partial charge in [-0.1, -0.05) is 61.9 Å². The van der Waals surface area contributed by atoms with E-state index in [0.717, 1.165) is 16.7 Å². The number of pyridine rings is 1. The van der Waals surface area contributed by atoms with Crippen LogP contribution >= 0.6 is 0 Å². The minimum atomic E-state index is -0.639. The first kappa shape index (κ1) is 23.0. The molecule has 3 aromatic rings. The third kappa shape index (κ3) is 6.67. The summed E-state index contributed by atoms with van der Waals surface area (Å²) in [5.41, 5.74) is 3.52. The van der Waals surface area contributed by atoms with Crippen molar-refractivity contribution in [2.75, 3.05) is 0 Å². The summed E-state index contributed by atoms with van der Waals surface area (Å²) >= 11 is 0. The molecule has 3 rings (SSSR count). The lowest BCUT2D eigenvalue weighted by molar-refractivity contribution is -0.124. The second kappa shape index (κ2) is 11.1. The summed E-state index contributed by atoms with van der Waals surface area (Å²) in [6.45, 7) is 6.50. The number of nitrogens with one attached hydrogen (secondary N) is 2. The highest BCUT2D eigenvalue weighted by molar-refractivity contribution is 5.97. The van der Waals surface area contributed by atoms with Gasteiger partial charge in [-0.05, 0) is 42.2 Å². The van der Waals surface area contributed by atoms with Crippen molar-refractivity contribution in [2.24, 2.45) is 5.92 Å². The number of amides is 2. The highest BCUT2D eigenvalue weighted by Gasteiger charge is 2.24. The largest absolute Gasteiger partial charge is 0.473 e. The van der Waals surface area contributed by atoms with Gasteiger partial charge in [0.1, 0.15) is 12.6 Å². The summed E-state index contributed by atoms with van der Waals surface area (Å²) in [6.07, 6.45) is 1.65. The zero-order chi connectivity index (χ0) is 22.9. The second-order valence-corrected chi connectivity index (χ2v) is 8.06. The summed E-state index contributed by atoms with van der Waals surface area (Å²) in [4.78, 5) is 29.6. The number of carbonyl (C=O) groups excluding carboxylic acids is 2. The highest BCUT2D eigenvalue weighted by Crippen LogP contribution is 2.12. The fraction of sp³-hybridized carbons (Fsp3) is 0.269. The highest BCUT2D eigenvalue weighted by atomic mass is 16.5. The summed E-state index contributed by atoms with van der Waals surface area (Å²) in [7, 11) is 0. The van der Waals surface area contributed by atoms with Gasteiger partial charge < -0.3 is 15.4 Å². The molecule has 6 nitrogen and oxygen atoms in total. The zero-order valence-electron chi connectivity index (χ0n) is 18.7. The Balaban J connectivity index is 1.56. The molecule has 0 bridgehead atoms.